The van der Waals surface area contributed by atoms with Crippen LogP contribution >= 0.6 is 0 Å². The smallest absolute Gasteiger partial charge is 0.326 e. The average Bonchev–Trinajstić information content (AvgIpc) is 2.44. The minimum absolute atomic E-state index is 0.0384. The number of aliphatic hydroxyl groups is 1. The van der Waals surface area contributed by atoms with Crippen molar-refractivity contribution in [3.8, 4) is 5.75 Å². The molecule has 0 fully saturated rings. The number of carbonyl (C=O) groups is 2. The van der Waals surface area contributed by atoms with E-state index in [2.05, 4.69) is 10.6 Å². The summed E-state index contributed by atoms with van der Waals surface area (Å²) in [5.41, 5.74) is 0. The summed E-state index contributed by atoms with van der Waals surface area (Å²) in [6, 6.07) is 7.41. The number of nitrogens with one attached hydrogen (secondary N) is 2. The summed E-state index contributed by atoms with van der Waals surface area (Å²) in [6.07, 6.45) is -0.0384. The van der Waals surface area contributed by atoms with Gasteiger partial charge in [0, 0.05) is 13.0 Å². The molecule has 0 aliphatic carbocycles. The molecule has 20 heavy (non-hydrogen) atoms. The van der Waals surface area contributed by atoms with Gasteiger partial charge in [-0.2, -0.15) is 0 Å². The third-order valence-corrected chi connectivity index (χ3v) is 2.42. The summed E-state index contributed by atoms with van der Waals surface area (Å²) in [4.78, 5) is 22.2. The van der Waals surface area contributed by atoms with Crippen molar-refractivity contribution in [2.45, 2.75) is 12.5 Å². The zero-order chi connectivity index (χ0) is 14.8. The highest BCUT2D eigenvalue weighted by molar-refractivity contribution is 5.82. The summed E-state index contributed by atoms with van der Waals surface area (Å²) in [6.45, 7) is 0.204. The second-order valence-corrected chi connectivity index (χ2v) is 3.96. The average molecular weight is 282 g/mol. The molecule has 1 aromatic rings. The molecule has 0 aliphatic rings. The molecule has 1 aromatic carbocycles. The van der Waals surface area contributed by atoms with E-state index in [9.17, 15) is 9.59 Å². The van der Waals surface area contributed by atoms with Gasteiger partial charge >= 0.3 is 12.0 Å². The summed E-state index contributed by atoms with van der Waals surface area (Å²) in [5.74, 6) is -0.492. The first-order valence-electron chi connectivity index (χ1n) is 6.19. The predicted octanol–water partition coefficient (Wildman–Crippen LogP) is 0.200. The largest absolute Gasteiger partial charge is 0.492 e. The maximum absolute atomic E-state index is 11.4. The van der Waals surface area contributed by atoms with Gasteiger partial charge in [0.2, 0.25) is 0 Å². The molecule has 0 spiro atoms. The number of amides is 2. The van der Waals surface area contributed by atoms with Crippen LogP contribution in [0.15, 0.2) is 30.3 Å². The van der Waals surface area contributed by atoms with Gasteiger partial charge in [-0.1, -0.05) is 18.2 Å². The first kappa shape index (κ1) is 15.8. The number of ether oxygens (including phenoxy) is 1. The lowest BCUT2D eigenvalue weighted by Crippen LogP contribution is -2.47. The van der Waals surface area contributed by atoms with Gasteiger partial charge in [-0.25, -0.2) is 9.59 Å². The third-order valence-electron chi connectivity index (χ3n) is 2.42. The molecule has 110 valence electrons. The number of carbonyl (C=O) groups excluding carboxylic acids is 1. The molecule has 0 heterocycles. The Morgan fingerprint density at radius 1 is 1.25 bits per heavy atom. The SMILES string of the molecule is O=C(NCCOc1ccccc1)N[C@@H](CCO)C(=O)O. The number of benzene rings is 1. The number of carboxylic acid groups (broad SMARTS) is 1. The van der Waals surface area contributed by atoms with Crippen LogP contribution in [-0.2, 0) is 4.79 Å². The van der Waals surface area contributed by atoms with E-state index in [1.807, 2.05) is 18.2 Å². The van der Waals surface area contributed by atoms with Gasteiger partial charge < -0.3 is 25.6 Å². The number of aliphatic hydroxyl groups excluding tert-OH is 1. The normalized spacial score (nSPS) is 11.4. The fraction of sp³-hybridized carbons (Fsp3) is 0.385. The second kappa shape index (κ2) is 8.76. The lowest BCUT2D eigenvalue weighted by Gasteiger charge is -2.14. The zero-order valence-corrected chi connectivity index (χ0v) is 10.9. The van der Waals surface area contributed by atoms with Crippen LogP contribution in [0.3, 0.4) is 0 Å². The molecular weight excluding hydrogens is 264 g/mol. The van der Waals surface area contributed by atoms with Gasteiger partial charge in [0.1, 0.15) is 18.4 Å². The Morgan fingerprint density at radius 2 is 1.95 bits per heavy atom. The monoisotopic (exact) mass is 282 g/mol. The fourth-order valence-electron chi connectivity index (χ4n) is 1.45. The van der Waals surface area contributed by atoms with Gasteiger partial charge in [-0.3, -0.25) is 0 Å². The topological polar surface area (TPSA) is 108 Å². The van der Waals surface area contributed by atoms with Gasteiger partial charge in [0.25, 0.3) is 0 Å². The Hall–Kier alpha value is -2.28. The van der Waals surface area contributed by atoms with Crippen molar-refractivity contribution in [3.63, 3.8) is 0 Å². The molecule has 2 amide bonds. The highest BCUT2D eigenvalue weighted by atomic mass is 16.5. The standard InChI is InChI=1S/C13H18N2O5/c16-8-6-11(12(17)18)15-13(19)14-7-9-20-10-4-2-1-3-5-10/h1-5,11,16H,6-9H2,(H,17,18)(H2,14,15,19)/t11-/m0/s1. The number of rotatable bonds is 8. The van der Waals surface area contributed by atoms with Crippen molar-refractivity contribution in [3.05, 3.63) is 30.3 Å². The van der Waals surface area contributed by atoms with Crippen LogP contribution in [0.5, 0.6) is 5.75 Å². The molecule has 0 saturated heterocycles. The quantitative estimate of drug-likeness (QED) is 0.509. The maximum atomic E-state index is 11.4. The van der Waals surface area contributed by atoms with E-state index in [1.54, 1.807) is 12.1 Å². The lowest BCUT2D eigenvalue weighted by atomic mass is 10.2. The van der Waals surface area contributed by atoms with Crippen LogP contribution in [0, 0.1) is 0 Å². The minimum Gasteiger partial charge on any atom is -0.492 e. The van der Waals surface area contributed by atoms with E-state index in [4.69, 9.17) is 14.9 Å². The maximum Gasteiger partial charge on any atom is 0.326 e. The Bertz CT molecular complexity index is 424. The van der Waals surface area contributed by atoms with Crippen molar-refractivity contribution in [2.24, 2.45) is 0 Å². The Morgan fingerprint density at radius 3 is 2.55 bits per heavy atom. The molecule has 0 saturated carbocycles. The Labute approximate surface area is 116 Å². The van der Waals surface area contributed by atoms with Crippen LogP contribution < -0.4 is 15.4 Å². The van der Waals surface area contributed by atoms with Crippen molar-refractivity contribution in [1.29, 1.82) is 0 Å². The molecule has 0 aromatic heterocycles. The molecule has 1 rings (SSSR count). The van der Waals surface area contributed by atoms with Gasteiger partial charge in [0.05, 0.1) is 6.54 Å². The van der Waals surface area contributed by atoms with Crippen LogP contribution in [0.25, 0.3) is 0 Å². The number of aliphatic carboxylic acids is 1. The number of hydrogen-bond donors (Lipinski definition) is 4. The Balaban J connectivity index is 2.21. The molecule has 0 radical (unpaired) electrons. The molecule has 7 nitrogen and oxygen atoms in total. The Kier molecular flexibility index (Phi) is 6.91. The summed E-state index contributed by atoms with van der Waals surface area (Å²) in [5, 5.41) is 22.2. The van der Waals surface area contributed by atoms with Crippen molar-refractivity contribution >= 4 is 12.0 Å². The zero-order valence-electron chi connectivity index (χ0n) is 10.9. The minimum atomic E-state index is -1.19. The predicted molar refractivity (Wildman–Crippen MR) is 71.6 cm³/mol. The lowest BCUT2D eigenvalue weighted by molar-refractivity contribution is -0.139. The molecule has 7 heteroatoms. The molecule has 4 N–H and O–H groups in total. The van der Waals surface area contributed by atoms with E-state index >= 15 is 0 Å². The first-order valence-corrected chi connectivity index (χ1v) is 6.19. The van der Waals surface area contributed by atoms with Crippen molar-refractivity contribution < 1.29 is 24.5 Å². The van der Waals surface area contributed by atoms with Crippen LogP contribution in [0.1, 0.15) is 6.42 Å². The van der Waals surface area contributed by atoms with E-state index in [0.29, 0.717) is 5.75 Å². The number of carboxylic acids is 1. The van der Waals surface area contributed by atoms with Crippen molar-refractivity contribution in [2.75, 3.05) is 19.8 Å². The molecule has 0 unspecified atom stereocenters. The van der Waals surface area contributed by atoms with Gasteiger partial charge in [0.15, 0.2) is 0 Å². The highest BCUT2D eigenvalue weighted by Gasteiger charge is 2.18. The van der Waals surface area contributed by atoms with Gasteiger partial charge in [-0.15, -0.1) is 0 Å². The fourth-order valence-corrected chi connectivity index (χ4v) is 1.45. The number of hydrogen-bond acceptors (Lipinski definition) is 4. The van der Waals surface area contributed by atoms with Crippen LogP contribution in [0.2, 0.25) is 0 Å². The van der Waals surface area contributed by atoms with Crippen molar-refractivity contribution in [1.82, 2.24) is 10.6 Å². The first-order chi connectivity index (χ1) is 9.63. The van der Waals surface area contributed by atoms with E-state index in [-0.39, 0.29) is 26.2 Å². The summed E-state index contributed by atoms with van der Waals surface area (Å²) >= 11 is 0. The molecule has 1 atom stereocenters. The van der Waals surface area contributed by atoms with E-state index in [1.165, 1.54) is 0 Å². The van der Waals surface area contributed by atoms with E-state index < -0.39 is 18.0 Å². The number of para-hydroxylation sites is 1. The number of urea groups is 1. The molecule has 0 bridgehead atoms. The van der Waals surface area contributed by atoms with Crippen LogP contribution in [-0.4, -0.2) is 48.0 Å². The summed E-state index contributed by atoms with van der Waals surface area (Å²) < 4.78 is 5.36. The second-order valence-electron chi connectivity index (χ2n) is 3.96. The third kappa shape index (κ3) is 6.05. The summed E-state index contributed by atoms with van der Waals surface area (Å²) in [7, 11) is 0. The highest BCUT2D eigenvalue weighted by Crippen LogP contribution is 2.07. The van der Waals surface area contributed by atoms with Crippen LogP contribution in [0.4, 0.5) is 4.79 Å². The van der Waals surface area contributed by atoms with E-state index in [0.717, 1.165) is 0 Å². The molecule has 0 aliphatic heterocycles. The molecular formula is C13H18N2O5. The van der Waals surface area contributed by atoms with Gasteiger partial charge in [-0.05, 0) is 12.1 Å².